The topological polar surface area (TPSA) is 77.0 Å². The highest BCUT2D eigenvalue weighted by Gasteiger charge is 2.11. The molecule has 0 aliphatic rings. The standard InChI is InChI=1S/C15H11FN4O2S/c16-11-3-1-2-4-12(11)22-9-13-19-20-15(23-13)18-14(21)10-5-7-17-8-6-10/h1-8H,9H2,(H,18,20,21). The van der Waals surface area contributed by atoms with Gasteiger partial charge in [-0.1, -0.05) is 23.5 Å². The second-order valence-electron chi connectivity index (χ2n) is 4.41. The number of nitrogens with one attached hydrogen (secondary N) is 1. The third-order valence-corrected chi connectivity index (χ3v) is 3.63. The summed E-state index contributed by atoms with van der Waals surface area (Å²) in [6, 6.07) is 9.30. The lowest BCUT2D eigenvalue weighted by Crippen LogP contribution is -2.11. The first-order chi connectivity index (χ1) is 11.2. The van der Waals surface area contributed by atoms with Gasteiger partial charge in [-0.25, -0.2) is 4.39 Å². The Morgan fingerprint density at radius 2 is 1.96 bits per heavy atom. The van der Waals surface area contributed by atoms with Crippen LogP contribution in [0.5, 0.6) is 5.75 Å². The zero-order valence-electron chi connectivity index (χ0n) is 11.8. The van der Waals surface area contributed by atoms with Gasteiger partial charge < -0.3 is 4.74 Å². The molecule has 0 atom stereocenters. The highest BCUT2D eigenvalue weighted by atomic mass is 32.1. The average molecular weight is 330 g/mol. The third kappa shape index (κ3) is 3.86. The van der Waals surface area contributed by atoms with Crippen molar-refractivity contribution in [2.24, 2.45) is 0 Å². The number of ether oxygens (including phenoxy) is 1. The number of amides is 1. The summed E-state index contributed by atoms with van der Waals surface area (Å²) in [6.45, 7) is 0.0731. The average Bonchev–Trinajstić information content (AvgIpc) is 3.02. The summed E-state index contributed by atoms with van der Waals surface area (Å²) >= 11 is 1.16. The van der Waals surface area contributed by atoms with Gasteiger partial charge in [0.05, 0.1) is 0 Å². The largest absolute Gasteiger partial charge is 0.483 e. The van der Waals surface area contributed by atoms with Crippen molar-refractivity contribution < 1.29 is 13.9 Å². The number of hydrogen-bond acceptors (Lipinski definition) is 6. The Morgan fingerprint density at radius 3 is 2.74 bits per heavy atom. The number of carbonyl (C=O) groups is 1. The van der Waals surface area contributed by atoms with Gasteiger partial charge in [-0.2, -0.15) is 0 Å². The van der Waals surface area contributed by atoms with Gasteiger partial charge in [0, 0.05) is 18.0 Å². The fourth-order valence-electron chi connectivity index (χ4n) is 1.74. The lowest BCUT2D eigenvalue weighted by atomic mass is 10.2. The molecule has 0 unspecified atom stereocenters. The van der Waals surface area contributed by atoms with Gasteiger partial charge in [-0.15, -0.1) is 10.2 Å². The van der Waals surface area contributed by atoms with Crippen LogP contribution in [0.1, 0.15) is 15.4 Å². The van der Waals surface area contributed by atoms with Crippen molar-refractivity contribution in [2.45, 2.75) is 6.61 Å². The van der Waals surface area contributed by atoms with Gasteiger partial charge in [0.1, 0.15) is 6.61 Å². The summed E-state index contributed by atoms with van der Waals surface area (Å²) in [6.07, 6.45) is 3.06. The number of anilines is 1. The van der Waals surface area contributed by atoms with E-state index in [-0.39, 0.29) is 18.3 Å². The molecule has 1 amide bonds. The molecule has 3 rings (SSSR count). The Hall–Kier alpha value is -2.87. The van der Waals surface area contributed by atoms with E-state index in [1.165, 1.54) is 24.5 Å². The van der Waals surface area contributed by atoms with Gasteiger partial charge in [-0.3, -0.25) is 15.1 Å². The molecule has 3 aromatic rings. The first kappa shape index (κ1) is 15.0. The molecule has 1 N–H and O–H groups in total. The van der Waals surface area contributed by atoms with Crippen LogP contribution in [0.25, 0.3) is 0 Å². The van der Waals surface area contributed by atoms with Crippen LogP contribution in [-0.4, -0.2) is 21.1 Å². The van der Waals surface area contributed by atoms with E-state index in [4.69, 9.17) is 4.74 Å². The van der Waals surface area contributed by atoms with Crippen molar-refractivity contribution in [1.29, 1.82) is 0 Å². The smallest absolute Gasteiger partial charge is 0.257 e. The highest BCUT2D eigenvalue weighted by molar-refractivity contribution is 7.15. The molecule has 6 nitrogen and oxygen atoms in total. The number of aromatic nitrogens is 3. The van der Waals surface area contributed by atoms with E-state index < -0.39 is 5.82 Å². The number of pyridine rings is 1. The molecule has 2 heterocycles. The molecule has 0 saturated heterocycles. The summed E-state index contributed by atoms with van der Waals surface area (Å²) in [5.74, 6) is -0.599. The molecule has 2 aromatic heterocycles. The fraction of sp³-hybridized carbons (Fsp3) is 0.0667. The van der Waals surface area contributed by atoms with Crippen LogP contribution in [0.4, 0.5) is 9.52 Å². The van der Waals surface area contributed by atoms with Gasteiger partial charge in [0.2, 0.25) is 5.13 Å². The van der Waals surface area contributed by atoms with E-state index in [0.717, 1.165) is 11.3 Å². The molecule has 0 saturated carbocycles. The monoisotopic (exact) mass is 330 g/mol. The first-order valence-corrected chi connectivity index (χ1v) is 7.45. The van der Waals surface area contributed by atoms with Crippen LogP contribution in [-0.2, 0) is 6.61 Å². The molecule has 0 bridgehead atoms. The Kier molecular flexibility index (Phi) is 4.53. The molecule has 0 fully saturated rings. The minimum Gasteiger partial charge on any atom is -0.483 e. The van der Waals surface area contributed by atoms with Gasteiger partial charge >= 0.3 is 0 Å². The van der Waals surface area contributed by atoms with E-state index in [1.54, 1.807) is 24.3 Å². The predicted molar refractivity (Wildman–Crippen MR) is 82.8 cm³/mol. The van der Waals surface area contributed by atoms with E-state index in [9.17, 15) is 9.18 Å². The van der Waals surface area contributed by atoms with Crippen LogP contribution in [0.3, 0.4) is 0 Å². The molecule has 0 spiro atoms. The van der Waals surface area contributed by atoms with Crippen molar-refractivity contribution >= 4 is 22.4 Å². The molecule has 0 aliphatic heterocycles. The molecule has 0 radical (unpaired) electrons. The summed E-state index contributed by atoms with van der Waals surface area (Å²) in [5, 5.41) is 11.3. The normalized spacial score (nSPS) is 10.3. The van der Waals surface area contributed by atoms with Crippen molar-refractivity contribution in [3.63, 3.8) is 0 Å². The molecule has 8 heteroatoms. The lowest BCUT2D eigenvalue weighted by molar-refractivity contribution is 0.102. The number of halogens is 1. The van der Waals surface area contributed by atoms with Gasteiger partial charge in [-0.05, 0) is 24.3 Å². The summed E-state index contributed by atoms with van der Waals surface area (Å²) < 4.78 is 18.8. The highest BCUT2D eigenvalue weighted by Crippen LogP contribution is 2.20. The Balaban J connectivity index is 1.60. The maximum atomic E-state index is 13.4. The Labute approximate surface area is 135 Å². The first-order valence-electron chi connectivity index (χ1n) is 6.63. The molecule has 23 heavy (non-hydrogen) atoms. The summed E-state index contributed by atoms with van der Waals surface area (Å²) in [7, 11) is 0. The zero-order chi connectivity index (χ0) is 16.1. The van der Waals surface area contributed by atoms with E-state index >= 15 is 0 Å². The number of carbonyl (C=O) groups excluding carboxylic acids is 1. The number of nitrogens with zero attached hydrogens (tertiary/aromatic N) is 3. The molecular formula is C15H11FN4O2S. The van der Waals surface area contributed by atoms with E-state index in [2.05, 4.69) is 20.5 Å². The van der Waals surface area contributed by atoms with Crippen LogP contribution < -0.4 is 10.1 Å². The molecule has 116 valence electrons. The maximum Gasteiger partial charge on any atom is 0.257 e. The predicted octanol–water partition coefficient (Wildman–Crippen LogP) is 2.90. The minimum absolute atomic E-state index is 0.0731. The quantitative estimate of drug-likeness (QED) is 0.778. The lowest BCUT2D eigenvalue weighted by Gasteiger charge is -2.03. The van der Waals surface area contributed by atoms with E-state index in [0.29, 0.717) is 15.7 Å². The number of rotatable bonds is 5. The van der Waals surface area contributed by atoms with Crippen molar-refractivity contribution in [3.8, 4) is 5.75 Å². The van der Waals surface area contributed by atoms with Crippen molar-refractivity contribution in [1.82, 2.24) is 15.2 Å². The van der Waals surface area contributed by atoms with Gasteiger partial charge in [0.25, 0.3) is 5.91 Å². The minimum atomic E-state index is -0.441. The zero-order valence-corrected chi connectivity index (χ0v) is 12.6. The summed E-state index contributed by atoms with van der Waals surface area (Å²) in [5.41, 5.74) is 0.472. The molecule has 1 aromatic carbocycles. The maximum absolute atomic E-state index is 13.4. The summed E-state index contributed by atoms with van der Waals surface area (Å²) in [4.78, 5) is 15.8. The molecule has 0 aliphatic carbocycles. The van der Waals surface area contributed by atoms with Crippen LogP contribution in [0.2, 0.25) is 0 Å². The van der Waals surface area contributed by atoms with E-state index in [1.807, 2.05) is 0 Å². The van der Waals surface area contributed by atoms with Crippen LogP contribution in [0, 0.1) is 5.82 Å². The molecular weight excluding hydrogens is 319 g/mol. The SMILES string of the molecule is O=C(Nc1nnc(COc2ccccc2F)s1)c1ccncc1. The van der Waals surface area contributed by atoms with Gasteiger partial charge in [0.15, 0.2) is 16.6 Å². The van der Waals surface area contributed by atoms with Crippen LogP contribution >= 0.6 is 11.3 Å². The van der Waals surface area contributed by atoms with Crippen LogP contribution in [0.15, 0.2) is 48.8 Å². The number of benzene rings is 1. The Morgan fingerprint density at radius 1 is 1.17 bits per heavy atom. The number of para-hydroxylation sites is 1. The van der Waals surface area contributed by atoms with Crippen molar-refractivity contribution in [2.75, 3.05) is 5.32 Å². The second-order valence-corrected chi connectivity index (χ2v) is 5.47. The second kappa shape index (κ2) is 6.93. The fourth-order valence-corrected chi connectivity index (χ4v) is 2.38. The third-order valence-electron chi connectivity index (χ3n) is 2.82. The number of hydrogen-bond donors (Lipinski definition) is 1. The Bertz CT molecular complexity index is 810. The van der Waals surface area contributed by atoms with Crippen molar-refractivity contribution in [3.05, 3.63) is 65.2 Å².